The van der Waals surface area contributed by atoms with E-state index in [1.165, 1.54) is 12.7 Å². The third-order valence-corrected chi connectivity index (χ3v) is 3.60. The molecule has 1 aromatic carbocycles. The van der Waals surface area contributed by atoms with Gasteiger partial charge < -0.3 is 9.47 Å². The Balaban J connectivity index is 2.90. The first-order valence-electron chi connectivity index (χ1n) is 7.40. The summed E-state index contributed by atoms with van der Waals surface area (Å²) >= 11 is 0. The van der Waals surface area contributed by atoms with E-state index in [0.29, 0.717) is 12.5 Å². The summed E-state index contributed by atoms with van der Waals surface area (Å²) in [4.78, 5) is 11.9. The smallest absolute Gasteiger partial charge is 0.329 e. The highest BCUT2D eigenvalue weighted by molar-refractivity contribution is 5.80. The monoisotopic (exact) mass is 293 g/mol. The number of aryl methyl sites for hydroxylation is 1. The van der Waals surface area contributed by atoms with E-state index in [1.54, 1.807) is 6.92 Å². The summed E-state index contributed by atoms with van der Waals surface area (Å²) < 4.78 is 10.8. The van der Waals surface area contributed by atoms with Gasteiger partial charge in [-0.15, -0.1) is 0 Å². The summed E-state index contributed by atoms with van der Waals surface area (Å²) in [6.07, 6.45) is 0. The maximum Gasteiger partial charge on any atom is 0.329 e. The minimum Gasteiger partial charge on any atom is -0.491 e. The first-order valence-corrected chi connectivity index (χ1v) is 7.40. The van der Waals surface area contributed by atoms with Gasteiger partial charge in [0.1, 0.15) is 17.9 Å². The zero-order valence-corrected chi connectivity index (χ0v) is 13.9. The van der Waals surface area contributed by atoms with Gasteiger partial charge in [-0.05, 0) is 43.5 Å². The summed E-state index contributed by atoms with van der Waals surface area (Å²) in [5.41, 5.74) is 1.44. The van der Waals surface area contributed by atoms with E-state index < -0.39 is 5.54 Å². The van der Waals surface area contributed by atoms with Crippen molar-refractivity contribution >= 4 is 5.97 Å². The maximum atomic E-state index is 11.9. The number of likely N-dealkylation sites (N-methyl/N-ethyl adjacent to an activating group) is 1. The van der Waals surface area contributed by atoms with Crippen LogP contribution in [0.25, 0.3) is 0 Å². The molecule has 21 heavy (non-hydrogen) atoms. The minimum atomic E-state index is -0.843. The molecule has 0 aliphatic rings. The molecule has 0 radical (unpaired) electrons. The molecule has 4 nitrogen and oxygen atoms in total. The van der Waals surface area contributed by atoms with Crippen molar-refractivity contribution in [1.82, 2.24) is 5.32 Å². The Morgan fingerprint density at radius 3 is 2.57 bits per heavy atom. The summed E-state index contributed by atoms with van der Waals surface area (Å²) in [6, 6.07) is 6.20. The molecule has 4 heteroatoms. The molecule has 0 bridgehead atoms. The fourth-order valence-corrected chi connectivity index (χ4v) is 2.15. The Bertz CT molecular complexity index is 485. The summed E-state index contributed by atoms with van der Waals surface area (Å²) in [6.45, 7) is 10.9. The van der Waals surface area contributed by atoms with Crippen molar-refractivity contribution in [1.29, 1.82) is 0 Å². The number of methoxy groups -OCH3 is 1. The zero-order chi connectivity index (χ0) is 16.0. The molecule has 1 N–H and O–H groups in total. The van der Waals surface area contributed by atoms with Crippen LogP contribution < -0.4 is 10.1 Å². The number of hydrogen-bond acceptors (Lipinski definition) is 4. The van der Waals surface area contributed by atoms with Gasteiger partial charge in [0.05, 0.1) is 7.11 Å². The lowest BCUT2D eigenvalue weighted by Gasteiger charge is -2.28. The number of carbonyl (C=O) groups is 1. The average molecular weight is 293 g/mol. The fraction of sp³-hybridized carbons (Fsp3) is 0.588. The van der Waals surface area contributed by atoms with Crippen LogP contribution in [-0.4, -0.2) is 31.8 Å². The van der Waals surface area contributed by atoms with Crippen LogP contribution >= 0.6 is 0 Å². The molecular formula is C17H27NO3. The fourth-order valence-electron chi connectivity index (χ4n) is 2.15. The van der Waals surface area contributed by atoms with Crippen molar-refractivity contribution in [3.8, 4) is 5.75 Å². The van der Waals surface area contributed by atoms with Gasteiger partial charge in [0.2, 0.25) is 0 Å². The number of carbonyl (C=O) groups excluding carboxylic acids is 1. The van der Waals surface area contributed by atoms with Gasteiger partial charge in [0, 0.05) is 0 Å². The Morgan fingerprint density at radius 1 is 1.38 bits per heavy atom. The molecule has 0 fully saturated rings. The first-order chi connectivity index (χ1) is 9.84. The zero-order valence-electron chi connectivity index (χ0n) is 13.9. The summed E-state index contributed by atoms with van der Waals surface area (Å²) in [7, 11) is 1.39. The van der Waals surface area contributed by atoms with Gasteiger partial charge in [-0.3, -0.25) is 5.32 Å². The second-order valence-corrected chi connectivity index (χ2v) is 5.82. The van der Waals surface area contributed by atoms with Gasteiger partial charge >= 0.3 is 5.97 Å². The minimum absolute atomic E-state index is 0.232. The molecule has 0 aromatic heterocycles. The highest BCUT2D eigenvalue weighted by atomic mass is 16.5. The molecular weight excluding hydrogens is 266 g/mol. The standard InChI is InChI=1S/C17H27NO3/c1-7-18-17(5,16(19)20-6)11-21-15-10-14(12(2)3)9-8-13(15)4/h8-10,12,18H,7,11H2,1-6H3. The van der Waals surface area contributed by atoms with Gasteiger partial charge in [-0.1, -0.05) is 32.9 Å². The molecule has 0 saturated heterocycles. The number of rotatable bonds is 7. The predicted molar refractivity (Wildman–Crippen MR) is 84.9 cm³/mol. The van der Waals surface area contributed by atoms with Crippen LogP contribution in [0.2, 0.25) is 0 Å². The van der Waals surface area contributed by atoms with Crippen LogP contribution in [0.1, 0.15) is 44.7 Å². The summed E-state index contributed by atoms with van der Waals surface area (Å²) in [5.74, 6) is 0.935. The van der Waals surface area contributed by atoms with Crippen molar-refractivity contribution in [2.75, 3.05) is 20.3 Å². The second-order valence-electron chi connectivity index (χ2n) is 5.82. The van der Waals surface area contributed by atoms with Crippen molar-refractivity contribution in [2.45, 2.75) is 46.1 Å². The lowest BCUT2D eigenvalue weighted by Crippen LogP contribution is -2.54. The van der Waals surface area contributed by atoms with E-state index in [0.717, 1.165) is 11.3 Å². The molecule has 0 amide bonds. The van der Waals surface area contributed by atoms with E-state index in [9.17, 15) is 4.79 Å². The van der Waals surface area contributed by atoms with Crippen molar-refractivity contribution < 1.29 is 14.3 Å². The summed E-state index contributed by atoms with van der Waals surface area (Å²) in [5, 5.41) is 3.14. The molecule has 1 atom stereocenters. The Labute approximate surface area is 127 Å². The van der Waals surface area contributed by atoms with E-state index in [-0.39, 0.29) is 12.6 Å². The van der Waals surface area contributed by atoms with Crippen LogP contribution in [0.3, 0.4) is 0 Å². The molecule has 0 heterocycles. The van der Waals surface area contributed by atoms with Crippen LogP contribution in [0.5, 0.6) is 5.75 Å². The highest BCUT2D eigenvalue weighted by Crippen LogP contribution is 2.25. The van der Waals surface area contributed by atoms with Crippen LogP contribution in [0.4, 0.5) is 0 Å². The SMILES string of the molecule is CCNC(C)(COc1cc(C(C)C)ccc1C)C(=O)OC. The number of ether oxygens (including phenoxy) is 2. The Morgan fingerprint density at radius 2 is 2.05 bits per heavy atom. The van der Waals surface area contributed by atoms with Crippen molar-refractivity contribution in [3.05, 3.63) is 29.3 Å². The van der Waals surface area contributed by atoms with Crippen molar-refractivity contribution in [2.24, 2.45) is 0 Å². The van der Waals surface area contributed by atoms with Gasteiger partial charge in [-0.25, -0.2) is 4.79 Å². The Hall–Kier alpha value is -1.55. The normalized spacial score (nSPS) is 13.9. The van der Waals surface area contributed by atoms with E-state index >= 15 is 0 Å². The number of nitrogens with one attached hydrogen (secondary N) is 1. The van der Waals surface area contributed by atoms with Crippen LogP contribution in [0, 0.1) is 6.92 Å². The lowest BCUT2D eigenvalue weighted by molar-refractivity contribution is -0.149. The van der Waals surface area contributed by atoms with Crippen LogP contribution in [0.15, 0.2) is 18.2 Å². The Kier molecular flexibility index (Phi) is 6.21. The van der Waals surface area contributed by atoms with E-state index in [4.69, 9.17) is 9.47 Å². The molecule has 0 saturated carbocycles. The number of benzene rings is 1. The molecule has 0 aliphatic heterocycles. The quantitative estimate of drug-likeness (QED) is 0.785. The lowest BCUT2D eigenvalue weighted by atomic mass is 10.0. The van der Waals surface area contributed by atoms with Gasteiger partial charge in [-0.2, -0.15) is 0 Å². The molecule has 1 aromatic rings. The molecule has 0 spiro atoms. The van der Waals surface area contributed by atoms with Gasteiger partial charge in [0.25, 0.3) is 0 Å². The maximum absolute atomic E-state index is 11.9. The van der Waals surface area contributed by atoms with Crippen LogP contribution in [-0.2, 0) is 9.53 Å². The van der Waals surface area contributed by atoms with Crippen molar-refractivity contribution in [3.63, 3.8) is 0 Å². The topological polar surface area (TPSA) is 47.6 Å². The number of esters is 1. The largest absolute Gasteiger partial charge is 0.491 e. The third kappa shape index (κ3) is 4.46. The first kappa shape index (κ1) is 17.5. The average Bonchev–Trinajstić information content (AvgIpc) is 2.45. The number of hydrogen-bond donors (Lipinski definition) is 1. The molecule has 0 aliphatic carbocycles. The van der Waals surface area contributed by atoms with Gasteiger partial charge in [0.15, 0.2) is 0 Å². The van der Waals surface area contributed by atoms with E-state index in [1.807, 2.05) is 26.0 Å². The molecule has 118 valence electrons. The molecule has 1 rings (SSSR count). The molecule has 1 unspecified atom stereocenters. The predicted octanol–water partition coefficient (Wildman–Crippen LogP) is 3.04. The van der Waals surface area contributed by atoms with E-state index in [2.05, 4.69) is 25.2 Å². The third-order valence-electron chi connectivity index (χ3n) is 3.60. The second kappa shape index (κ2) is 7.46. The highest BCUT2D eigenvalue weighted by Gasteiger charge is 2.34.